The first-order chi connectivity index (χ1) is 12.9. The van der Waals surface area contributed by atoms with Gasteiger partial charge in [-0.05, 0) is 43.7 Å². The lowest BCUT2D eigenvalue weighted by molar-refractivity contribution is -0.126. The number of nitrogens with zero attached hydrogens (tertiary/aromatic N) is 4. The van der Waals surface area contributed by atoms with Crippen LogP contribution in [0.2, 0.25) is 0 Å². The first-order valence-corrected chi connectivity index (χ1v) is 8.55. The number of phenols is 1. The van der Waals surface area contributed by atoms with E-state index in [4.69, 9.17) is 0 Å². The van der Waals surface area contributed by atoms with Crippen LogP contribution in [0.25, 0.3) is 0 Å². The fourth-order valence-electron chi connectivity index (χ4n) is 2.94. The molecule has 1 fully saturated rings. The first-order valence-electron chi connectivity index (χ1n) is 8.55. The van der Waals surface area contributed by atoms with Crippen LogP contribution in [0.1, 0.15) is 19.4 Å². The molecular formula is C18H22N6O3. The Labute approximate surface area is 157 Å². The summed E-state index contributed by atoms with van der Waals surface area (Å²) in [5.41, 5.74) is 4.44. The highest BCUT2D eigenvalue weighted by Gasteiger charge is 2.48. The van der Waals surface area contributed by atoms with Crippen molar-refractivity contribution in [2.45, 2.75) is 26.1 Å². The average molecular weight is 370 g/mol. The molecule has 2 atom stereocenters. The molecule has 27 heavy (non-hydrogen) atoms. The smallest absolute Gasteiger partial charge is 0.325 e. The van der Waals surface area contributed by atoms with Gasteiger partial charge in [0.25, 0.3) is 5.91 Å². The van der Waals surface area contributed by atoms with Crippen molar-refractivity contribution < 1.29 is 14.7 Å². The standard InChI is InChI=1S/C18H22N6O3/c1-4-5-10-24-14-15(23(3)18(27)20-16(14)26)19-17(24)22-21-11(2)12-6-8-13(25)9-7-12/h4-9,14-15,25H,10H2,1-3H3,(H,19,22)(H,20,26,27)/b5-4+,21-11-. The van der Waals surface area contributed by atoms with Gasteiger partial charge in [-0.25, -0.2) is 15.2 Å². The van der Waals surface area contributed by atoms with Crippen molar-refractivity contribution in [3.05, 3.63) is 42.0 Å². The van der Waals surface area contributed by atoms with E-state index in [0.29, 0.717) is 18.2 Å². The van der Waals surface area contributed by atoms with Crippen LogP contribution in [-0.2, 0) is 4.79 Å². The van der Waals surface area contributed by atoms with Gasteiger partial charge in [-0.2, -0.15) is 5.10 Å². The molecule has 0 bridgehead atoms. The number of guanidine groups is 1. The highest BCUT2D eigenvalue weighted by Crippen LogP contribution is 2.23. The molecule has 1 aromatic rings. The number of urea groups is 1. The maximum atomic E-state index is 12.4. The number of hydrogen-bond donors (Lipinski definition) is 3. The molecule has 3 rings (SSSR count). The van der Waals surface area contributed by atoms with Crippen LogP contribution >= 0.6 is 0 Å². The summed E-state index contributed by atoms with van der Waals surface area (Å²) in [6, 6.07) is 5.59. The van der Waals surface area contributed by atoms with Crippen LogP contribution in [0.3, 0.4) is 0 Å². The lowest BCUT2D eigenvalue weighted by Gasteiger charge is -2.35. The van der Waals surface area contributed by atoms with E-state index in [2.05, 4.69) is 20.8 Å². The summed E-state index contributed by atoms with van der Waals surface area (Å²) in [4.78, 5) is 31.9. The second-order valence-corrected chi connectivity index (χ2v) is 6.29. The zero-order chi connectivity index (χ0) is 19.6. The monoisotopic (exact) mass is 370 g/mol. The fraction of sp³-hybridized carbons (Fsp3) is 0.333. The predicted octanol–water partition coefficient (Wildman–Crippen LogP) is 0.830. The number of allylic oxidation sites excluding steroid dienone is 1. The summed E-state index contributed by atoms with van der Waals surface area (Å²) in [7, 11) is 1.60. The third-order valence-corrected chi connectivity index (χ3v) is 4.51. The van der Waals surface area contributed by atoms with Crippen molar-refractivity contribution in [1.29, 1.82) is 0 Å². The molecule has 3 amide bonds. The molecule has 3 N–H and O–H groups in total. The summed E-state index contributed by atoms with van der Waals surface area (Å²) in [6.07, 6.45) is 3.17. The molecule has 0 aromatic heterocycles. The third kappa shape index (κ3) is 3.62. The first kappa shape index (κ1) is 18.4. The Hall–Kier alpha value is -3.36. The lowest BCUT2D eigenvalue weighted by Crippen LogP contribution is -2.64. The molecule has 2 aliphatic heterocycles. The van der Waals surface area contributed by atoms with E-state index in [1.807, 2.05) is 26.0 Å². The van der Waals surface area contributed by atoms with Crippen LogP contribution in [-0.4, -0.2) is 64.3 Å². The number of rotatable bonds is 4. The highest BCUT2D eigenvalue weighted by molar-refractivity contribution is 6.04. The molecular weight excluding hydrogens is 348 g/mol. The Morgan fingerprint density at radius 3 is 2.74 bits per heavy atom. The number of nitrogens with one attached hydrogen (secondary N) is 2. The largest absolute Gasteiger partial charge is 0.508 e. The van der Waals surface area contributed by atoms with Crippen LogP contribution in [0.4, 0.5) is 4.79 Å². The Morgan fingerprint density at radius 1 is 1.37 bits per heavy atom. The van der Waals surface area contributed by atoms with Crippen molar-refractivity contribution >= 4 is 23.6 Å². The Balaban J connectivity index is 1.85. The summed E-state index contributed by atoms with van der Waals surface area (Å²) < 4.78 is 0. The SMILES string of the molecule is C/C=C/CN1C(N/N=C(/C)c2ccc(O)cc2)=NC2C1C(=O)NC(=O)N2C. The molecule has 2 heterocycles. The van der Waals surface area contributed by atoms with Crippen molar-refractivity contribution in [3.63, 3.8) is 0 Å². The van der Waals surface area contributed by atoms with E-state index in [0.717, 1.165) is 5.56 Å². The van der Waals surface area contributed by atoms with Crippen molar-refractivity contribution in [1.82, 2.24) is 20.5 Å². The van der Waals surface area contributed by atoms with Gasteiger partial charge in [0, 0.05) is 13.6 Å². The zero-order valence-electron chi connectivity index (χ0n) is 15.4. The highest BCUT2D eigenvalue weighted by atomic mass is 16.3. The van der Waals surface area contributed by atoms with E-state index in [1.165, 1.54) is 4.90 Å². The molecule has 2 unspecified atom stereocenters. The van der Waals surface area contributed by atoms with Crippen LogP contribution in [0, 0.1) is 0 Å². The van der Waals surface area contributed by atoms with E-state index < -0.39 is 18.2 Å². The Bertz CT molecular complexity index is 830. The van der Waals surface area contributed by atoms with Gasteiger partial charge in [-0.3, -0.25) is 10.1 Å². The molecule has 9 heteroatoms. The number of phenolic OH excluding ortho intramolecular Hbond substituents is 1. The van der Waals surface area contributed by atoms with Crippen molar-refractivity contribution in [2.75, 3.05) is 13.6 Å². The second-order valence-electron chi connectivity index (χ2n) is 6.29. The number of likely N-dealkylation sites (N-methyl/N-ethyl adjacent to an activating group) is 1. The van der Waals surface area contributed by atoms with Crippen molar-refractivity contribution in [3.8, 4) is 5.75 Å². The van der Waals surface area contributed by atoms with Gasteiger partial charge in [0.05, 0.1) is 5.71 Å². The second kappa shape index (κ2) is 7.48. The van der Waals surface area contributed by atoms with Gasteiger partial charge in [0.1, 0.15) is 5.75 Å². The topological polar surface area (TPSA) is 110 Å². The number of fused-ring (bicyclic) bond motifs is 1. The van der Waals surface area contributed by atoms with Gasteiger partial charge in [-0.15, -0.1) is 0 Å². The van der Waals surface area contributed by atoms with Crippen molar-refractivity contribution in [2.24, 2.45) is 10.1 Å². The number of carbonyl (C=O) groups is 2. The number of amides is 3. The number of carbonyl (C=O) groups excluding carboxylic acids is 2. The molecule has 0 saturated carbocycles. The van der Waals surface area contributed by atoms with E-state index in [-0.39, 0.29) is 11.7 Å². The minimum atomic E-state index is -0.615. The molecule has 0 radical (unpaired) electrons. The average Bonchev–Trinajstić information content (AvgIpc) is 3.02. The summed E-state index contributed by atoms with van der Waals surface area (Å²) >= 11 is 0. The van der Waals surface area contributed by atoms with E-state index in [9.17, 15) is 14.7 Å². The number of benzene rings is 1. The minimum Gasteiger partial charge on any atom is -0.508 e. The number of aliphatic imine (C=N–C) groups is 1. The molecule has 0 spiro atoms. The zero-order valence-corrected chi connectivity index (χ0v) is 15.4. The predicted molar refractivity (Wildman–Crippen MR) is 101 cm³/mol. The van der Waals surface area contributed by atoms with Crippen LogP contribution in [0.15, 0.2) is 46.5 Å². The van der Waals surface area contributed by atoms with Gasteiger partial charge in [0.15, 0.2) is 12.2 Å². The molecule has 1 saturated heterocycles. The summed E-state index contributed by atoms with van der Waals surface area (Å²) in [5, 5.41) is 16.1. The molecule has 0 aliphatic carbocycles. The van der Waals surface area contributed by atoms with Gasteiger partial charge in [0.2, 0.25) is 5.96 Å². The minimum absolute atomic E-state index is 0.181. The third-order valence-electron chi connectivity index (χ3n) is 4.51. The number of aromatic hydroxyl groups is 1. The van der Waals surface area contributed by atoms with Gasteiger partial charge in [-0.1, -0.05) is 12.2 Å². The quantitative estimate of drug-likeness (QED) is 0.413. The molecule has 2 aliphatic rings. The fourth-order valence-corrected chi connectivity index (χ4v) is 2.94. The maximum absolute atomic E-state index is 12.4. The lowest BCUT2D eigenvalue weighted by atomic mass is 10.1. The number of hydrazone groups is 1. The van der Waals surface area contributed by atoms with Gasteiger partial charge < -0.3 is 14.9 Å². The summed E-state index contributed by atoms with van der Waals surface area (Å²) in [6.45, 7) is 4.16. The normalized spacial score (nSPS) is 22.8. The van der Waals surface area contributed by atoms with Crippen LogP contribution < -0.4 is 10.7 Å². The number of hydrogen-bond acceptors (Lipinski definition) is 7. The maximum Gasteiger partial charge on any atom is 0.325 e. The van der Waals surface area contributed by atoms with Crippen LogP contribution in [0.5, 0.6) is 5.75 Å². The van der Waals surface area contributed by atoms with Gasteiger partial charge >= 0.3 is 6.03 Å². The van der Waals surface area contributed by atoms with E-state index >= 15 is 0 Å². The Morgan fingerprint density at radius 2 is 2.07 bits per heavy atom. The number of imide groups is 1. The summed E-state index contributed by atoms with van der Waals surface area (Å²) in [5.74, 6) is 0.213. The molecule has 142 valence electrons. The molecule has 1 aromatic carbocycles. The Kier molecular flexibility index (Phi) is 5.11. The van der Waals surface area contributed by atoms with E-state index in [1.54, 1.807) is 36.2 Å². The molecule has 9 nitrogen and oxygen atoms in total.